The van der Waals surface area contributed by atoms with Gasteiger partial charge in [0, 0.05) is 5.92 Å². The Kier molecular flexibility index (Phi) is 13.4. The van der Waals surface area contributed by atoms with Gasteiger partial charge >= 0.3 is 5.97 Å². The molecule has 0 radical (unpaired) electrons. The van der Waals surface area contributed by atoms with E-state index in [1.54, 1.807) is 6.92 Å². The summed E-state index contributed by atoms with van der Waals surface area (Å²) in [7, 11) is 0. The predicted octanol–water partition coefficient (Wildman–Crippen LogP) is 4.36. The Morgan fingerprint density at radius 1 is 0.967 bits per heavy atom. The van der Waals surface area contributed by atoms with E-state index in [0.29, 0.717) is 6.42 Å². The van der Waals surface area contributed by atoms with E-state index in [9.17, 15) is 14.4 Å². The minimum absolute atomic E-state index is 0.00568. The van der Waals surface area contributed by atoms with Crippen LogP contribution in [0.5, 0.6) is 0 Å². The summed E-state index contributed by atoms with van der Waals surface area (Å²) in [5.41, 5.74) is 0. The average molecular weight is 425 g/mol. The van der Waals surface area contributed by atoms with E-state index in [0.717, 1.165) is 31.6 Å². The number of hydrogen-bond acceptors (Lipinski definition) is 4. The maximum absolute atomic E-state index is 12.8. The minimum Gasteiger partial charge on any atom is -0.465 e. The number of nitrogens with one attached hydrogen (secondary N) is 2. The van der Waals surface area contributed by atoms with Crippen LogP contribution in [0.2, 0.25) is 0 Å². The molecular weight excluding hydrogens is 380 g/mol. The van der Waals surface area contributed by atoms with Crippen LogP contribution in [-0.2, 0) is 19.1 Å². The first kappa shape index (κ1) is 26.4. The van der Waals surface area contributed by atoms with Crippen molar-refractivity contribution in [2.45, 2.75) is 104 Å². The third-order valence-corrected chi connectivity index (χ3v) is 5.99. The standard InChI is InChI=1S/C24H44N2O4/c1-5-7-8-9-10-11-19-12-14-20(15-13-19)23(28)26-21(16-18(3)4)24(29)25-17-22(27)30-6-2/h18-21H,5-17H2,1-4H3,(H,25,29)(H,26,28)/t19?,20?,21-/m1/s1. The first-order chi connectivity index (χ1) is 14.4. The van der Waals surface area contributed by atoms with Crippen molar-refractivity contribution in [3.8, 4) is 0 Å². The minimum atomic E-state index is -0.608. The summed E-state index contributed by atoms with van der Waals surface area (Å²) in [5.74, 6) is 0.198. The highest BCUT2D eigenvalue weighted by Gasteiger charge is 2.29. The van der Waals surface area contributed by atoms with Crippen LogP contribution >= 0.6 is 0 Å². The summed E-state index contributed by atoms with van der Waals surface area (Å²) in [6.45, 7) is 8.11. The summed E-state index contributed by atoms with van der Waals surface area (Å²) < 4.78 is 4.85. The van der Waals surface area contributed by atoms with E-state index in [2.05, 4.69) is 17.6 Å². The molecule has 1 aliphatic carbocycles. The van der Waals surface area contributed by atoms with E-state index in [4.69, 9.17) is 4.74 Å². The lowest BCUT2D eigenvalue weighted by molar-refractivity contribution is -0.143. The van der Waals surface area contributed by atoms with Crippen LogP contribution in [0, 0.1) is 17.8 Å². The zero-order valence-corrected chi connectivity index (χ0v) is 19.6. The molecule has 1 rings (SSSR count). The molecule has 0 aliphatic heterocycles. The second kappa shape index (κ2) is 15.2. The van der Waals surface area contributed by atoms with Crippen LogP contribution in [0.4, 0.5) is 0 Å². The molecule has 6 heteroatoms. The number of ether oxygens (including phenoxy) is 1. The van der Waals surface area contributed by atoms with Crippen LogP contribution in [0.1, 0.15) is 98.3 Å². The summed E-state index contributed by atoms with van der Waals surface area (Å²) in [6, 6.07) is -0.608. The lowest BCUT2D eigenvalue weighted by Crippen LogP contribution is -2.50. The van der Waals surface area contributed by atoms with Gasteiger partial charge in [0.25, 0.3) is 0 Å². The fraction of sp³-hybridized carbons (Fsp3) is 0.875. The Balaban J connectivity index is 2.42. The van der Waals surface area contributed by atoms with Gasteiger partial charge in [0.1, 0.15) is 12.6 Å². The van der Waals surface area contributed by atoms with E-state index in [1.165, 1.54) is 38.5 Å². The van der Waals surface area contributed by atoms with Crippen molar-refractivity contribution >= 4 is 17.8 Å². The van der Waals surface area contributed by atoms with Crippen molar-refractivity contribution in [2.75, 3.05) is 13.2 Å². The lowest BCUT2D eigenvalue weighted by atomic mass is 9.79. The van der Waals surface area contributed by atoms with Crippen molar-refractivity contribution in [3.63, 3.8) is 0 Å². The highest BCUT2D eigenvalue weighted by Crippen LogP contribution is 2.32. The molecule has 1 aliphatic rings. The van der Waals surface area contributed by atoms with Gasteiger partial charge in [-0.05, 0) is 50.9 Å². The number of carbonyl (C=O) groups excluding carboxylic acids is 3. The number of carbonyl (C=O) groups is 3. The average Bonchev–Trinajstić information content (AvgIpc) is 2.71. The molecule has 0 spiro atoms. The van der Waals surface area contributed by atoms with Crippen LogP contribution in [0.15, 0.2) is 0 Å². The van der Waals surface area contributed by atoms with Gasteiger partial charge in [0.05, 0.1) is 6.61 Å². The number of hydrogen-bond donors (Lipinski definition) is 2. The van der Waals surface area contributed by atoms with Crippen LogP contribution < -0.4 is 10.6 Å². The Morgan fingerprint density at radius 2 is 1.63 bits per heavy atom. The van der Waals surface area contributed by atoms with Gasteiger partial charge in [-0.2, -0.15) is 0 Å². The maximum Gasteiger partial charge on any atom is 0.325 e. The highest BCUT2D eigenvalue weighted by atomic mass is 16.5. The molecule has 2 amide bonds. The van der Waals surface area contributed by atoms with Crippen LogP contribution in [0.3, 0.4) is 0 Å². The van der Waals surface area contributed by atoms with Gasteiger partial charge in [-0.25, -0.2) is 0 Å². The molecule has 1 saturated carbocycles. The molecule has 0 heterocycles. The van der Waals surface area contributed by atoms with Gasteiger partial charge in [-0.15, -0.1) is 0 Å². The monoisotopic (exact) mass is 424 g/mol. The summed E-state index contributed by atoms with van der Waals surface area (Å²) in [5, 5.41) is 5.55. The predicted molar refractivity (Wildman–Crippen MR) is 120 cm³/mol. The summed E-state index contributed by atoms with van der Waals surface area (Å²) in [4.78, 5) is 36.8. The zero-order chi connectivity index (χ0) is 22.4. The normalized spacial score (nSPS) is 19.9. The Bertz CT molecular complexity index is 513. The largest absolute Gasteiger partial charge is 0.465 e. The number of esters is 1. The molecule has 0 unspecified atom stereocenters. The maximum atomic E-state index is 12.8. The second-order valence-corrected chi connectivity index (χ2v) is 9.13. The van der Waals surface area contributed by atoms with Crippen molar-refractivity contribution in [2.24, 2.45) is 17.8 Å². The van der Waals surface area contributed by atoms with E-state index in [1.807, 2.05) is 13.8 Å². The molecule has 0 aromatic carbocycles. The third kappa shape index (κ3) is 11.0. The topological polar surface area (TPSA) is 84.5 Å². The Labute approximate surface area is 183 Å². The van der Waals surface area contributed by atoms with Crippen molar-refractivity contribution < 1.29 is 19.1 Å². The molecule has 174 valence electrons. The third-order valence-electron chi connectivity index (χ3n) is 5.99. The summed E-state index contributed by atoms with van der Waals surface area (Å²) in [6.07, 6.45) is 12.4. The fourth-order valence-electron chi connectivity index (χ4n) is 4.24. The molecular formula is C24H44N2O4. The molecule has 0 aromatic rings. The first-order valence-corrected chi connectivity index (χ1v) is 12.1. The Morgan fingerprint density at radius 3 is 2.23 bits per heavy atom. The van der Waals surface area contributed by atoms with Gasteiger partial charge in [0.15, 0.2) is 0 Å². The lowest BCUT2D eigenvalue weighted by Gasteiger charge is -2.29. The highest BCUT2D eigenvalue weighted by molar-refractivity contribution is 5.90. The summed E-state index contributed by atoms with van der Waals surface area (Å²) >= 11 is 0. The molecule has 1 atom stereocenters. The van der Waals surface area contributed by atoms with E-state index >= 15 is 0 Å². The molecule has 0 saturated heterocycles. The van der Waals surface area contributed by atoms with E-state index in [-0.39, 0.29) is 36.8 Å². The van der Waals surface area contributed by atoms with Crippen molar-refractivity contribution in [1.82, 2.24) is 10.6 Å². The van der Waals surface area contributed by atoms with Crippen LogP contribution in [0.25, 0.3) is 0 Å². The second-order valence-electron chi connectivity index (χ2n) is 9.13. The SMILES string of the molecule is CCCCCCCC1CCC(C(=O)N[C@H](CC(C)C)C(=O)NCC(=O)OCC)CC1. The number of rotatable bonds is 14. The van der Waals surface area contributed by atoms with Crippen molar-refractivity contribution in [3.05, 3.63) is 0 Å². The van der Waals surface area contributed by atoms with Gasteiger partial charge in [0.2, 0.25) is 11.8 Å². The molecule has 30 heavy (non-hydrogen) atoms. The van der Waals surface area contributed by atoms with E-state index < -0.39 is 12.0 Å². The first-order valence-electron chi connectivity index (χ1n) is 12.1. The zero-order valence-electron chi connectivity index (χ0n) is 19.6. The number of unbranched alkanes of at least 4 members (excludes halogenated alkanes) is 4. The molecule has 0 bridgehead atoms. The smallest absolute Gasteiger partial charge is 0.325 e. The van der Waals surface area contributed by atoms with Gasteiger partial charge in [-0.1, -0.05) is 59.3 Å². The Hall–Kier alpha value is -1.59. The quantitative estimate of drug-likeness (QED) is 0.320. The number of amides is 2. The molecule has 6 nitrogen and oxygen atoms in total. The van der Waals surface area contributed by atoms with Crippen LogP contribution in [-0.4, -0.2) is 37.0 Å². The molecule has 2 N–H and O–H groups in total. The van der Waals surface area contributed by atoms with Gasteiger partial charge < -0.3 is 15.4 Å². The molecule has 0 aromatic heterocycles. The van der Waals surface area contributed by atoms with Gasteiger partial charge in [-0.3, -0.25) is 14.4 Å². The fourth-order valence-corrected chi connectivity index (χ4v) is 4.24. The molecule has 1 fully saturated rings. The van der Waals surface area contributed by atoms with Crippen molar-refractivity contribution in [1.29, 1.82) is 0 Å².